The minimum atomic E-state index is -0.126. The molecule has 0 aliphatic heterocycles. The predicted molar refractivity (Wildman–Crippen MR) is 112 cm³/mol. The fourth-order valence-electron chi connectivity index (χ4n) is 2.53. The third kappa shape index (κ3) is 4.69. The summed E-state index contributed by atoms with van der Waals surface area (Å²) >= 11 is 7.01. The summed E-state index contributed by atoms with van der Waals surface area (Å²) in [4.78, 5) is 19.5. The van der Waals surface area contributed by atoms with Gasteiger partial charge in [0.2, 0.25) is 0 Å². The molecule has 2 heterocycles. The fraction of sp³-hybridized carbons (Fsp3) is 0.176. The summed E-state index contributed by atoms with van der Waals surface area (Å²) in [6, 6.07) is 11.5. The van der Waals surface area contributed by atoms with E-state index in [0.29, 0.717) is 18.2 Å². The van der Waals surface area contributed by atoms with Crippen LogP contribution in [0.5, 0.6) is 0 Å². The van der Waals surface area contributed by atoms with E-state index in [2.05, 4.69) is 47.1 Å². The molecule has 6 nitrogen and oxygen atoms in total. The monoisotopic (exact) mass is 501 g/mol. The Labute approximate surface area is 174 Å². The number of carbonyl (C=O) groups excluding carboxylic acids is 1. The van der Waals surface area contributed by atoms with Crippen LogP contribution in [0.3, 0.4) is 0 Å². The Hall–Kier alpha value is -1.77. The highest BCUT2D eigenvalue weighted by Crippen LogP contribution is 2.30. The minimum Gasteiger partial charge on any atom is -0.369 e. The number of aromatic nitrogens is 3. The van der Waals surface area contributed by atoms with Crippen LogP contribution < -0.4 is 11.1 Å². The number of nitrogens with one attached hydrogen (secondary N) is 2. The Morgan fingerprint density at radius 3 is 2.65 bits per heavy atom. The van der Waals surface area contributed by atoms with Crippen LogP contribution in [0.1, 0.15) is 22.6 Å². The van der Waals surface area contributed by atoms with Crippen LogP contribution in [0.2, 0.25) is 0 Å². The summed E-state index contributed by atoms with van der Waals surface area (Å²) < 4.78 is 3.50. The number of hydrogen-bond acceptors (Lipinski definition) is 3. The lowest BCUT2D eigenvalue weighted by Crippen LogP contribution is -2.27. The molecule has 0 unspecified atom stereocenters. The maximum atomic E-state index is 12.6. The second-order valence-corrected chi connectivity index (χ2v) is 7.10. The maximum absolute atomic E-state index is 12.6. The number of nitrogens with two attached hydrogens (primary N) is 1. The molecule has 1 aromatic carbocycles. The topological polar surface area (TPSA) is 88.7 Å². The fourth-order valence-corrected chi connectivity index (χ4v) is 3.43. The number of anilines is 1. The summed E-state index contributed by atoms with van der Waals surface area (Å²) in [6.45, 7) is 0.562. The molecule has 0 fully saturated rings. The third-order valence-electron chi connectivity index (χ3n) is 3.70. The number of nitrogens with zero attached hydrogens (tertiary/aromatic N) is 2. The first-order valence-corrected chi connectivity index (χ1v) is 9.34. The van der Waals surface area contributed by atoms with Crippen LogP contribution >= 0.6 is 44.3 Å². The molecule has 1 amide bonds. The quantitative estimate of drug-likeness (QED) is 0.443. The van der Waals surface area contributed by atoms with Crippen molar-refractivity contribution in [2.75, 3.05) is 12.3 Å². The smallest absolute Gasteiger partial charge is 0.268 e. The van der Waals surface area contributed by atoms with Crippen molar-refractivity contribution in [3.8, 4) is 5.69 Å². The van der Waals surface area contributed by atoms with E-state index in [1.807, 2.05) is 41.0 Å². The molecular formula is C17H18Br2ClN5O. The van der Waals surface area contributed by atoms with Crippen LogP contribution in [0.25, 0.3) is 5.69 Å². The largest absolute Gasteiger partial charge is 0.369 e. The predicted octanol–water partition coefficient (Wildman–Crippen LogP) is 4.09. The molecule has 0 atom stereocenters. The van der Waals surface area contributed by atoms with E-state index in [0.717, 1.165) is 33.3 Å². The van der Waals surface area contributed by atoms with Gasteiger partial charge in [-0.2, -0.15) is 0 Å². The summed E-state index contributed by atoms with van der Waals surface area (Å²) in [5.74, 6) is 0.286. The van der Waals surface area contributed by atoms with E-state index in [-0.39, 0.29) is 18.3 Å². The molecule has 0 bridgehead atoms. The number of hydrogen-bond donors (Lipinski definition) is 3. The van der Waals surface area contributed by atoms with E-state index in [1.165, 1.54) is 0 Å². The zero-order valence-electron chi connectivity index (χ0n) is 13.7. The Balaban J connectivity index is 0.00000243. The number of para-hydroxylation sites is 1. The van der Waals surface area contributed by atoms with Crippen molar-refractivity contribution in [1.82, 2.24) is 19.9 Å². The van der Waals surface area contributed by atoms with E-state index in [9.17, 15) is 4.79 Å². The van der Waals surface area contributed by atoms with E-state index in [1.54, 1.807) is 6.20 Å². The Bertz CT molecular complexity index is 879. The van der Waals surface area contributed by atoms with Gasteiger partial charge in [-0.25, -0.2) is 4.98 Å². The Morgan fingerprint density at radius 2 is 2.00 bits per heavy atom. The highest BCUT2D eigenvalue weighted by atomic mass is 79.9. The van der Waals surface area contributed by atoms with E-state index >= 15 is 0 Å². The molecule has 9 heteroatoms. The third-order valence-corrected chi connectivity index (χ3v) is 5.62. The first-order valence-electron chi connectivity index (χ1n) is 7.76. The highest BCUT2D eigenvalue weighted by Gasteiger charge is 2.18. The van der Waals surface area contributed by atoms with Crippen LogP contribution in [0.15, 0.2) is 51.7 Å². The lowest BCUT2D eigenvalue weighted by molar-refractivity contribution is 0.0946. The van der Waals surface area contributed by atoms with Crippen molar-refractivity contribution in [2.45, 2.75) is 12.8 Å². The van der Waals surface area contributed by atoms with Crippen molar-refractivity contribution >= 4 is 56.1 Å². The second-order valence-electron chi connectivity index (χ2n) is 5.49. The van der Waals surface area contributed by atoms with Gasteiger partial charge in [-0.3, -0.25) is 9.36 Å². The van der Waals surface area contributed by atoms with Crippen LogP contribution in [-0.4, -0.2) is 27.0 Å². The zero-order chi connectivity index (χ0) is 17.8. The molecule has 0 aliphatic rings. The molecule has 0 spiro atoms. The van der Waals surface area contributed by atoms with Crippen molar-refractivity contribution in [1.29, 1.82) is 0 Å². The summed E-state index contributed by atoms with van der Waals surface area (Å²) in [6.07, 6.45) is 3.28. The zero-order valence-corrected chi connectivity index (χ0v) is 17.7. The van der Waals surface area contributed by atoms with Gasteiger partial charge in [-0.15, -0.1) is 12.4 Å². The molecule has 0 radical (unpaired) electrons. The van der Waals surface area contributed by atoms with Crippen molar-refractivity contribution in [3.05, 3.63) is 63.1 Å². The standard InChI is InChI=1S/C17H17Br2N5O.ClH/c18-13-9-14(24(15(13)19)12-6-2-1-3-7-12)16(25)21-8-4-5-11-10-22-17(20)23-11;/h1-3,6-7,9-10H,4-5,8H2,(H,21,25)(H3,20,22,23);1H. The Morgan fingerprint density at radius 1 is 1.27 bits per heavy atom. The number of H-pyrrole nitrogens is 1. The molecule has 26 heavy (non-hydrogen) atoms. The van der Waals surface area contributed by atoms with Gasteiger partial charge in [0.1, 0.15) is 10.3 Å². The molecular weight excluding hydrogens is 485 g/mol. The number of carbonyl (C=O) groups is 1. The first kappa shape index (κ1) is 20.5. The van der Waals surface area contributed by atoms with Gasteiger partial charge in [-0.1, -0.05) is 18.2 Å². The van der Waals surface area contributed by atoms with E-state index in [4.69, 9.17) is 5.73 Å². The van der Waals surface area contributed by atoms with Gasteiger partial charge in [-0.05, 0) is 62.9 Å². The first-order chi connectivity index (χ1) is 12.1. The molecule has 3 aromatic rings. The molecule has 0 aliphatic carbocycles. The number of nitrogen functional groups attached to an aromatic ring is 1. The van der Waals surface area contributed by atoms with Crippen molar-refractivity contribution < 1.29 is 4.79 Å². The van der Waals surface area contributed by atoms with Gasteiger partial charge in [0.25, 0.3) is 5.91 Å². The summed E-state index contributed by atoms with van der Waals surface area (Å²) in [7, 11) is 0. The number of benzene rings is 1. The highest BCUT2D eigenvalue weighted by molar-refractivity contribution is 9.13. The maximum Gasteiger partial charge on any atom is 0.268 e. The van der Waals surface area contributed by atoms with Crippen molar-refractivity contribution in [3.63, 3.8) is 0 Å². The lowest BCUT2D eigenvalue weighted by atomic mass is 10.2. The molecule has 4 N–H and O–H groups in total. The minimum absolute atomic E-state index is 0. The Kier molecular flexibility index (Phi) is 7.31. The van der Waals surface area contributed by atoms with Gasteiger partial charge >= 0.3 is 0 Å². The number of imidazole rings is 1. The second kappa shape index (κ2) is 9.25. The normalized spacial score (nSPS) is 10.4. The van der Waals surface area contributed by atoms with Crippen LogP contribution in [0, 0.1) is 0 Å². The molecule has 3 rings (SSSR count). The number of rotatable bonds is 6. The summed E-state index contributed by atoms with van der Waals surface area (Å²) in [5, 5.41) is 2.96. The number of amides is 1. The lowest BCUT2D eigenvalue weighted by Gasteiger charge is -2.11. The van der Waals surface area contributed by atoms with Crippen LogP contribution in [-0.2, 0) is 6.42 Å². The molecule has 2 aromatic heterocycles. The number of aromatic amines is 1. The average Bonchev–Trinajstić information content (AvgIpc) is 3.16. The SMILES string of the molecule is Cl.Nc1ncc(CCCNC(=O)c2cc(Br)c(Br)n2-c2ccccc2)[nH]1. The average molecular weight is 504 g/mol. The number of halogens is 3. The van der Waals surface area contributed by atoms with Gasteiger partial charge < -0.3 is 16.0 Å². The summed E-state index contributed by atoms with van der Waals surface area (Å²) in [5.41, 5.74) is 7.99. The molecule has 0 saturated carbocycles. The van der Waals surface area contributed by atoms with Gasteiger partial charge in [0.15, 0.2) is 5.95 Å². The van der Waals surface area contributed by atoms with E-state index < -0.39 is 0 Å². The van der Waals surface area contributed by atoms with Gasteiger partial charge in [0, 0.05) is 17.9 Å². The van der Waals surface area contributed by atoms with Crippen LogP contribution in [0.4, 0.5) is 5.95 Å². The molecule has 138 valence electrons. The molecule has 0 saturated heterocycles. The van der Waals surface area contributed by atoms with Crippen molar-refractivity contribution in [2.24, 2.45) is 0 Å². The van der Waals surface area contributed by atoms with Gasteiger partial charge in [0.05, 0.1) is 10.7 Å². The number of aryl methyl sites for hydroxylation is 1.